The number of benzene rings is 4. The second-order valence-corrected chi connectivity index (χ2v) is 12.6. The summed E-state index contributed by atoms with van der Waals surface area (Å²) in [7, 11) is 0. The van der Waals surface area contributed by atoms with Crippen LogP contribution < -0.4 is 9.64 Å². The van der Waals surface area contributed by atoms with Crippen LogP contribution in [0.3, 0.4) is 0 Å². The van der Waals surface area contributed by atoms with Crippen LogP contribution in [0.25, 0.3) is 0 Å². The van der Waals surface area contributed by atoms with Crippen molar-refractivity contribution in [2.24, 2.45) is 0 Å². The fourth-order valence-corrected chi connectivity index (χ4v) is 6.70. The molecule has 1 N–H and O–H groups in total. The molecule has 4 aromatic carbocycles. The first-order valence-electron chi connectivity index (χ1n) is 15.1. The fourth-order valence-electron chi connectivity index (χ4n) is 6.70. The highest BCUT2D eigenvalue weighted by Gasteiger charge is 2.45. The normalized spacial score (nSPS) is 17.1. The van der Waals surface area contributed by atoms with Crippen molar-refractivity contribution in [1.82, 2.24) is 0 Å². The maximum Gasteiger partial charge on any atom is 0.335 e. The van der Waals surface area contributed by atoms with E-state index in [9.17, 15) is 14.7 Å². The van der Waals surface area contributed by atoms with Gasteiger partial charge >= 0.3 is 5.97 Å². The monoisotopic (exact) mass is 597 g/mol. The first-order valence-corrected chi connectivity index (χ1v) is 15.1. The largest absolute Gasteiger partial charge is 0.478 e. The van der Waals surface area contributed by atoms with Crippen molar-refractivity contribution < 1.29 is 24.0 Å². The molecule has 0 aliphatic carbocycles. The van der Waals surface area contributed by atoms with E-state index < -0.39 is 11.4 Å². The first kappa shape index (κ1) is 29.8. The first-order chi connectivity index (χ1) is 21.6. The predicted octanol–water partition coefficient (Wildman–Crippen LogP) is 7.93. The predicted molar refractivity (Wildman–Crippen MR) is 178 cm³/mol. The minimum Gasteiger partial charge on any atom is -0.478 e. The van der Waals surface area contributed by atoms with Crippen LogP contribution in [0, 0.1) is 0 Å². The molecule has 6 heteroatoms. The van der Waals surface area contributed by atoms with Gasteiger partial charge in [-0.3, -0.25) is 4.79 Å². The lowest BCUT2D eigenvalue weighted by molar-refractivity contribution is -0.455. The Hall–Kier alpha value is -5.23. The molecule has 6 nitrogen and oxygen atoms in total. The van der Waals surface area contributed by atoms with Crippen LogP contribution in [0.4, 0.5) is 11.4 Å². The standard InChI is InChI=1S/C39H36N2O4/c1-38(2)31-22-29(37(43)44)18-20-33(31)40(24-27-12-7-5-8-13-27)35(38)16-11-17-36-39(3,4)32-23-30(45-26-42)19-21-34(32)41(36)25-28-14-9-6-10-15-28/h5-23,26H,24-25H2,1-4H3/p+1. The highest BCUT2D eigenvalue weighted by Crippen LogP contribution is 2.49. The van der Waals surface area contributed by atoms with Crippen LogP contribution in [0.15, 0.2) is 121 Å². The molecule has 6 rings (SSSR count). The number of nitrogens with zero attached hydrogens (tertiary/aromatic N) is 2. The molecule has 0 saturated heterocycles. The van der Waals surface area contributed by atoms with E-state index in [-0.39, 0.29) is 11.0 Å². The van der Waals surface area contributed by atoms with Crippen LogP contribution in [-0.2, 0) is 28.7 Å². The van der Waals surface area contributed by atoms with Crippen molar-refractivity contribution >= 4 is 29.5 Å². The highest BCUT2D eigenvalue weighted by molar-refractivity contribution is 6.03. The van der Waals surface area contributed by atoms with E-state index in [1.54, 1.807) is 6.07 Å². The zero-order valence-electron chi connectivity index (χ0n) is 26.0. The van der Waals surface area contributed by atoms with Gasteiger partial charge in [-0.25, -0.2) is 4.79 Å². The summed E-state index contributed by atoms with van der Waals surface area (Å²) >= 11 is 0. The Kier molecular flexibility index (Phi) is 7.75. The van der Waals surface area contributed by atoms with Crippen molar-refractivity contribution in [3.05, 3.63) is 149 Å². The minimum absolute atomic E-state index is 0.286. The Labute approximate surface area is 264 Å². The minimum atomic E-state index is -0.930. The lowest BCUT2D eigenvalue weighted by Gasteiger charge is -2.27. The van der Waals surface area contributed by atoms with E-state index in [1.807, 2.05) is 54.6 Å². The van der Waals surface area contributed by atoms with Crippen molar-refractivity contribution in [1.29, 1.82) is 0 Å². The van der Waals surface area contributed by atoms with Crippen LogP contribution in [-0.4, -0.2) is 27.8 Å². The molecule has 0 spiro atoms. The van der Waals surface area contributed by atoms with Gasteiger partial charge in [-0.2, -0.15) is 4.58 Å². The third-order valence-electron chi connectivity index (χ3n) is 9.06. The Morgan fingerprint density at radius 3 is 2.20 bits per heavy atom. The van der Waals surface area contributed by atoms with Crippen LogP contribution in [0.2, 0.25) is 0 Å². The number of hydrogen-bond acceptors (Lipinski definition) is 4. The lowest BCUT2D eigenvalue weighted by atomic mass is 9.81. The van der Waals surface area contributed by atoms with Crippen molar-refractivity contribution in [3.8, 4) is 5.75 Å². The number of ether oxygens (including phenoxy) is 1. The molecule has 0 radical (unpaired) electrons. The zero-order valence-corrected chi connectivity index (χ0v) is 26.0. The number of carbonyl (C=O) groups excluding carboxylic acids is 1. The van der Waals surface area contributed by atoms with Crippen LogP contribution in [0.5, 0.6) is 5.75 Å². The Morgan fingerprint density at radius 2 is 1.53 bits per heavy atom. The molecule has 2 aliphatic rings. The average Bonchev–Trinajstić information content (AvgIpc) is 3.36. The van der Waals surface area contributed by atoms with Crippen LogP contribution in [0.1, 0.15) is 60.3 Å². The number of aromatic carboxylic acids is 1. The van der Waals surface area contributed by atoms with E-state index in [0.717, 1.165) is 33.9 Å². The van der Waals surface area contributed by atoms with E-state index in [1.165, 1.54) is 11.1 Å². The van der Waals surface area contributed by atoms with E-state index in [4.69, 9.17) is 4.74 Å². The number of carboxylic acids is 1. The molecule has 0 aromatic heterocycles. The van der Waals surface area contributed by atoms with Gasteiger partial charge in [0.1, 0.15) is 5.75 Å². The number of allylic oxidation sites excluding steroid dienone is 4. The molecular formula is C39H37N2O4+. The van der Waals surface area contributed by atoms with Gasteiger partial charge in [0.05, 0.1) is 11.0 Å². The maximum atomic E-state index is 11.9. The molecule has 0 unspecified atom stereocenters. The number of carbonyl (C=O) groups is 2. The van der Waals surface area contributed by atoms with Crippen molar-refractivity contribution in [2.75, 3.05) is 4.90 Å². The molecule has 226 valence electrons. The van der Waals surface area contributed by atoms with E-state index in [2.05, 4.69) is 91.8 Å². The Morgan fingerprint density at radius 1 is 0.844 bits per heavy atom. The quantitative estimate of drug-likeness (QED) is 0.157. The second kappa shape index (κ2) is 11.7. The summed E-state index contributed by atoms with van der Waals surface area (Å²) < 4.78 is 7.55. The number of hydrogen-bond donors (Lipinski definition) is 1. The molecular weight excluding hydrogens is 560 g/mol. The Bertz CT molecular complexity index is 1870. The topological polar surface area (TPSA) is 69.8 Å². The average molecular weight is 598 g/mol. The molecule has 0 bridgehead atoms. The summed E-state index contributed by atoms with van der Waals surface area (Å²) in [5.41, 5.74) is 8.24. The van der Waals surface area contributed by atoms with Crippen molar-refractivity contribution in [3.63, 3.8) is 0 Å². The molecule has 0 atom stereocenters. The summed E-state index contributed by atoms with van der Waals surface area (Å²) in [5, 5.41) is 9.75. The molecule has 0 amide bonds. The second-order valence-electron chi connectivity index (χ2n) is 12.6. The van der Waals surface area contributed by atoms with Crippen molar-refractivity contribution in [2.45, 2.75) is 51.6 Å². The summed E-state index contributed by atoms with van der Waals surface area (Å²) in [6.45, 7) is 10.5. The van der Waals surface area contributed by atoms with E-state index >= 15 is 0 Å². The van der Waals surface area contributed by atoms with Gasteiger partial charge in [-0.1, -0.05) is 80.6 Å². The van der Waals surface area contributed by atoms with Gasteiger partial charge in [-0.15, -0.1) is 0 Å². The third kappa shape index (κ3) is 5.48. The number of rotatable bonds is 9. The number of carboxylic acid groups (broad SMARTS) is 1. The number of fused-ring (bicyclic) bond motifs is 2. The van der Waals surface area contributed by atoms with Gasteiger partial charge in [0.25, 0.3) is 6.47 Å². The lowest BCUT2D eigenvalue weighted by Crippen LogP contribution is -2.28. The molecule has 45 heavy (non-hydrogen) atoms. The molecule has 0 fully saturated rings. The SMILES string of the molecule is CC1(C)C(/C=C/C=C2/N(Cc3ccccc3)c3ccc(C(=O)O)cc3C2(C)C)=[N+](Cc2ccccc2)c2ccc(OC=O)cc21. The van der Waals surface area contributed by atoms with Gasteiger partial charge in [0.2, 0.25) is 5.69 Å². The highest BCUT2D eigenvalue weighted by atomic mass is 16.5. The molecule has 0 saturated carbocycles. The van der Waals surface area contributed by atoms with Gasteiger partial charge in [0.15, 0.2) is 12.3 Å². The van der Waals surface area contributed by atoms with Crippen LogP contribution >= 0.6 is 0 Å². The summed E-state index contributed by atoms with van der Waals surface area (Å²) in [4.78, 5) is 25.3. The maximum absolute atomic E-state index is 11.9. The zero-order chi connectivity index (χ0) is 31.8. The molecule has 2 aliphatic heterocycles. The van der Waals surface area contributed by atoms with Gasteiger partial charge < -0.3 is 14.7 Å². The molecule has 4 aromatic rings. The summed E-state index contributed by atoms with van der Waals surface area (Å²) in [6.07, 6.45) is 6.46. The third-order valence-corrected chi connectivity index (χ3v) is 9.06. The smallest absolute Gasteiger partial charge is 0.335 e. The Balaban J connectivity index is 1.45. The van der Waals surface area contributed by atoms with Gasteiger partial charge in [-0.05, 0) is 61.4 Å². The fraction of sp³-hybridized carbons (Fsp3) is 0.205. The summed E-state index contributed by atoms with van der Waals surface area (Å²) in [5.74, 6) is -0.410. The van der Waals surface area contributed by atoms with Gasteiger partial charge in [0, 0.05) is 46.6 Å². The number of anilines is 1. The van der Waals surface area contributed by atoms with E-state index in [0.29, 0.717) is 25.3 Å². The molecule has 2 heterocycles. The summed E-state index contributed by atoms with van der Waals surface area (Å²) in [6, 6.07) is 31.9.